The van der Waals surface area contributed by atoms with Crippen LogP contribution in [0.4, 0.5) is 0 Å². The molecule has 1 radical (unpaired) electrons. The van der Waals surface area contributed by atoms with Crippen molar-refractivity contribution < 1.29 is 30.0 Å². The number of hydrogen-bond donors (Lipinski definition) is 1. The number of rotatable bonds is 9. The van der Waals surface area contributed by atoms with E-state index in [2.05, 4.69) is 158 Å². The molecule has 5 rings (SSSR count). The van der Waals surface area contributed by atoms with Gasteiger partial charge < -0.3 is 5.11 Å². The molecule has 0 aliphatic rings. The predicted octanol–water partition coefficient (Wildman–Crippen LogP) is 13.7. The van der Waals surface area contributed by atoms with Gasteiger partial charge in [-0.05, 0) is 52.6 Å². The van der Waals surface area contributed by atoms with E-state index in [1.165, 1.54) is 27.3 Å². The fourth-order valence-electron chi connectivity index (χ4n) is 8.02. The van der Waals surface area contributed by atoms with Crippen molar-refractivity contribution >= 4 is 48.1 Å². The Bertz CT molecular complexity index is 2140. The van der Waals surface area contributed by atoms with Crippen LogP contribution in [0.2, 0.25) is 0 Å². The number of benzene rings is 3. The number of ketones is 1. The summed E-state index contributed by atoms with van der Waals surface area (Å²) in [5.74, 6) is 1.63. The minimum atomic E-state index is -0.0167. The van der Waals surface area contributed by atoms with Crippen LogP contribution in [-0.2, 0) is 36.7 Å². The van der Waals surface area contributed by atoms with Gasteiger partial charge in [0, 0.05) is 70.1 Å². The van der Waals surface area contributed by atoms with Gasteiger partial charge in [0.05, 0.1) is 11.3 Å². The van der Waals surface area contributed by atoms with Gasteiger partial charge in [0.1, 0.15) is 6.07 Å². The molecule has 0 aliphatic heterocycles. The van der Waals surface area contributed by atoms with Crippen molar-refractivity contribution in [2.45, 2.75) is 109 Å². The van der Waals surface area contributed by atoms with Gasteiger partial charge in [0.15, 0.2) is 5.78 Å². The number of nitriles is 1. The number of carbonyl (C=O) groups is 1. The molecule has 1 N–H and O–H groups in total. The van der Waals surface area contributed by atoms with E-state index in [-0.39, 0.29) is 54.3 Å². The molecule has 0 atom stereocenters. The van der Waals surface area contributed by atoms with Gasteiger partial charge in [-0.3, -0.25) is 9.78 Å². The Hall–Kier alpha value is -3.36. The number of nitrogens with zero attached hydrogens (tertiary/aromatic N) is 2. The summed E-state index contributed by atoms with van der Waals surface area (Å²) in [5, 5.41) is 24.6. The molecule has 2 heterocycles. The SMILES string of the molecule is CC(C)(C)Cc1ccc2c(c1)sc1c(-c3[c-]c4ccccc4c(C(C)(C)C)c3)ncc(C#N)c12.CC(C)C(C(=O)/C=C(\O)C(C(C)C)C(C)C)C(C)C.[Ir]. The van der Waals surface area contributed by atoms with Crippen molar-refractivity contribution in [3.05, 3.63) is 89.3 Å². The third-order valence-electron chi connectivity index (χ3n) is 10.1. The molecule has 6 heteroatoms. The Morgan fingerprint density at radius 1 is 0.870 bits per heavy atom. The number of aliphatic hydroxyl groups is 1. The van der Waals surface area contributed by atoms with Gasteiger partial charge in [-0.25, -0.2) is 0 Å². The first-order chi connectivity index (χ1) is 24.6. The molecule has 0 bridgehead atoms. The maximum absolute atomic E-state index is 12.3. The van der Waals surface area contributed by atoms with Crippen molar-refractivity contribution in [1.29, 1.82) is 5.26 Å². The number of carbonyl (C=O) groups excluding carboxylic acids is 1. The predicted molar refractivity (Wildman–Crippen MR) is 228 cm³/mol. The van der Waals surface area contributed by atoms with Crippen molar-refractivity contribution in [2.24, 2.45) is 40.9 Å². The Balaban J connectivity index is 0.000000338. The van der Waals surface area contributed by atoms with E-state index in [4.69, 9.17) is 4.98 Å². The van der Waals surface area contributed by atoms with E-state index >= 15 is 0 Å². The molecule has 0 saturated heterocycles. The molecule has 0 unspecified atom stereocenters. The summed E-state index contributed by atoms with van der Waals surface area (Å²) in [6, 6.07) is 23.4. The van der Waals surface area contributed by atoms with Crippen molar-refractivity contribution in [1.82, 2.24) is 4.98 Å². The largest absolute Gasteiger partial charge is 0.512 e. The summed E-state index contributed by atoms with van der Waals surface area (Å²) in [5.41, 5.74) is 5.33. The van der Waals surface area contributed by atoms with Gasteiger partial charge in [0.2, 0.25) is 0 Å². The van der Waals surface area contributed by atoms with Crippen LogP contribution in [0.15, 0.2) is 66.6 Å². The molecule has 2 aromatic heterocycles. The maximum atomic E-state index is 12.3. The molecule has 291 valence electrons. The average Bonchev–Trinajstić information content (AvgIpc) is 3.41. The van der Waals surface area contributed by atoms with Crippen LogP contribution < -0.4 is 0 Å². The fraction of sp³-hybridized carbons (Fsp3) is 0.479. The number of aliphatic hydroxyl groups excluding tert-OH is 1. The second kappa shape index (κ2) is 18.1. The maximum Gasteiger partial charge on any atom is 0.162 e. The second-order valence-corrected chi connectivity index (χ2v) is 19.5. The summed E-state index contributed by atoms with van der Waals surface area (Å²) in [6.07, 6.45) is 4.23. The van der Waals surface area contributed by atoms with E-state index in [1.54, 1.807) is 17.5 Å². The van der Waals surface area contributed by atoms with Gasteiger partial charge in [-0.2, -0.15) is 5.26 Å². The third-order valence-corrected chi connectivity index (χ3v) is 11.2. The van der Waals surface area contributed by atoms with Crippen molar-refractivity contribution in [3.8, 4) is 17.3 Å². The topological polar surface area (TPSA) is 74.0 Å². The molecule has 0 fully saturated rings. The number of aromatic nitrogens is 1. The first-order valence-electron chi connectivity index (χ1n) is 19.3. The first kappa shape index (κ1) is 45.0. The monoisotopic (exact) mass is 922 g/mol. The first-order valence-corrected chi connectivity index (χ1v) is 20.1. The number of fused-ring (bicyclic) bond motifs is 4. The zero-order valence-corrected chi connectivity index (χ0v) is 38.1. The second-order valence-electron chi connectivity index (χ2n) is 18.4. The Morgan fingerprint density at radius 2 is 1.46 bits per heavy atom. The number of allylic oxidation sites excluding steroid dienone is 2. The Kier molecular flexibility index (Phi) is 15.1. The number of thiophene rings is 1. The van der Waals surface area contributed by atoms with Crippen LogP contribution in [0.5, 0.6) is 0 Å². The zero-order chi connectivity index (χ0) is 39.6. The molecule has 5 aromatic rings. The summed E-state index contributed by atoms with van der Waals surface area (Å²) < 4.78 is 2.27. The minimum Gasteiger partial charge on any atom is -0.512 e. The van der Waals surface area contributed by atoms with Crippen LogP contribution >= 0.6 is 11.3 Å². The van der Waals surface area contributed by atoms with Crippen molar-refractivity contribution in [3.63, 3.8) is 0 Å². The normalized spacial score (nSPS) is 12.7. The summed E-state index contributed by atoms with van der Waals surface area (Å²) >= 11 is 1.74. The summed E-state index contributed by atoms with van der Waals surface area (Å²) in [6.45, 7) is 30.1. The van der Waals surface area contributed by atoms with Crippen LogP contribution in [0.1, 0.15) is 114 Å². The fourth-order valence-corrected chi connectivity index (χ4v) is 9.31. The molecular weight excluding hydrogens is 861 g/mol. The smallest absolute Gasteiger partial charge is 0.162 e. The standard InChI is InChI=1S/C31H29N2S.C17H32O2.Ir/c1-30(2,3)16-19-11-12-24-26(13-19)34-29-27(24)22(17-32)18-33-28(29)21-14-20-9-7-8-10-23(20)25(15-21)31(4,5)6;1-10(2)16(11(3)4)14(18)9-15(19)17(12(5)6)13(7)8;/h7-13,15,18H,16H2,1-6H3;9-13,16-18H,1-8H3;/q-1;;/b;14-9-;. The Labute approximate surface area is 342 Å². The zero-order valence-electron chi connectivity index (χ0n) is 34.9. The van der Waals surface area contributed by atoms with E-state index in [1.807, 2.05) is 0 Å². The van der Waals surface area contributed by atoms with Crippen LogP contribution in [0.25, 0.3) is 42.2 Å². The molecule has 0 aliphatic carbocycles. The van der Waals surface area contributed by atoms with Gasteiger partial charge in [0.25, 0.3) is 0 Å². The molecule has 54 heavy (non-hydrogen) atoms. The number of pyridine rings is 1. The molecule has 0 amide bonds. The molecular formula is C48H61IrN2O2S-. The van der Waals surface area contributed by atoms with Crippen LogP contribution in [-0.4, -0.2) is 15.9 Å². The molecule has 0 saturated carbocycles. The molecule has 0 spiro atoms. The third kappa shape index (κ3) is 10.5. The molecule has 3 aromatic carbocycles. The Morgan fingerprint density at radius 3 is 2.00 bits per heavy atom. The molecule has 4 nitrogen and oxygen atoms in total. The van der Waals surface area contributed by atoms with Gasteiger partial charge in [-0.1, -0.05) is 138 Å². The van der Waals surface area contributed by atoms with Crippen LogP contribution in [0, 0.1) is 58.3 Å². The minimum absolute atomic E-state index is 0. The van der Waals surface area contributed by atoms with E-state index in [0.29, 0.717) is 29.2 Å². The summed E-state index contributed by atoms with van der Waals surface area (Å²) in [4.78, 5) is 17.2. The van der Waals surface area contributed by atoms with Crippen molar-refractivity contribution in [2.75, 3.05) is 0 Å². The van der Waals surface area contributed by atoms with E-state index in [0.717, 1.165) is 38.5 Å². The van der Waals surface area contributed by atoms with E-state index in [9.17, 15) is 15.2 Å². The average molecular weight is 922 g/mol. The quantitative estimate of drug-likeness (QED) is 0.0908. The number of hydrogen-bond acceptors (Lipinski definition) is 5. The summed E-state index contributed by atoms with van der Waals surface area (Å²) in [7, 11) is 0. The van der Waals surface area contributed by atoms with Gasteiger partial charge >= 0.3 is 0 Å². The van der Waals surface area contributed by atoms with Crippen LogP contribution in [0.3, 0.4) is 0 Å². The van der Waals surface area contributed by atoms with Gasteiger partial charge in [-0.15, -0.1) is 40.5 Å². The van der Waals surface area contributed by atoms with E-state index < -0.39 is 0 Å².